The lowest BCUT2D eigenvalue weighted by atomic mass is 10.3. The fourth-order valence-electron chi connectivity index (χ4n) is 1.36. The van der Waals surface area contributed by atoms with Gasteiger partial charge >= 0.3 is 0 Å². The van der Waals surface area contributed by atoms with Gasteiger partial charge < -0.3 is 10.4 Å². The minimum absolute atomic E-state index is 0.115. The van der Waals surface area contributed by atoms with Crippen molar-refractivity contribution < 1.29 is 9.90 Å². The molecule has 1 heterocycles. The second kappa shape index (κ2) is 5.01. The number of rotatable bonds is 3. The average molecular weight is 296 g/mol. The number of amides is 1. The van der Waals surface area contributed by atoms with Gasteiger partial charge in [0.25, 0.3) is 0 Å². The number of hydrogen-bond donors (Lipinski definition) is 2. The molecule has 0 unspecified atom stereocenters. The highest BCUT2D eigenvalue weighted by atomic mass is 79.9. The lowest BCUT2D eigenvalue weighted by molar-refractivity contribution is -0.116. The third-order valence-electron chi connectivity index (χ3n) is 2.04. The summed E-state index contributed by atoms with van der Waals surface area (Å²) in [6.45, 7) is 0.126. The summed E-state index contributed by atoms with van der Waals surface area (Å²) in [5.74, 6) is -0.0872. The molecule has 2 aromatic rings. The summed E-state index contributed by atoms with van der Waals surface area (Å²) in [6, 6.07) is 6.39. The summed E-state index contributed by atoms with van der Waals surface area (Å²) >= 11 is 3.25. The average Bonchev–Trinajstić information content (AvgIpc) is 2.63. The molecule has 0 fully saturated rings. The Balaban J connectivity index is 1.98. The Morgan fingerprint density at radius 1 is 1.53 bits per heavy atom. The number of anilines is 1. The zero-order valence-electron chi connectivity index (χ0n) is 8.80. The summed E-state index contributed by atoms with van der Waals surface area (Å²) < 4.78 is 2.34. The molecule has 0 spiro atoms. The molecule has 2 N–H and O–H groups in total. The van der Waals surface area contributed by atoms with Crippen molar-refractivity contribution in [2.75, 3.05) is 5.32 Å². The first-order chi connectivity index (χ1) is 8.13. The molecule has 88 valence electrons. The molecule has 5 nitrogen and oxygen atoms in total. The van der Waals surface area contributed by atoms with Crippen molar-refractivity contribution >= 4 is 27.5 Å². The zero-order valence-corrected chi connectivity index (χ0v) is 10.4. The predicted molar refractivity (Wildman–Crippen MR) is 66.7 cm³/mol. The van der Waals surface area contributed by atoms with Crippen LogP contribution in [0.1, 0.15) is 0 Å². The van der Waals surface area contributed by atoms with Gasteiger partial charge in [-0.3, -0.25) is 9.48 Å². The van der Waals surface area contributed by atoms with E-state index in [1.54, 1.807) is 30.6 Å². The Morgan fingerprint density at radius 3 is 3.00 bits per heavy atom. The van der Waals surface area contributed by atoms with Crippen molar-refractivity contribution in [1.82, 2.24) is 9.78 Å². The molecule has 0 aliphatic carbocycles. The largest absolute Gasteiger partial charge is 0.508 e. The maximum Gasteiger partial charge on any atom is 0.246 e. The Hall–Kier alpha value is -1.82. The number of phenols is 1. The van der Waals surface area contributed by atoms with E-state index in [-0.39, 0.29) is 18.2 Å². The molecule has 1 aromatic heterocycles. The van der Waals surface area contributed by atoms with Crippen LogP contribution in [-0.2, 0) is 11.3 Å². The fourth-order valence-corrected chi connectivity index (χ4v) is 1.68. The summed E-state index contributed by atoms with van der Waals surface area (Å²) in [6.07, 6.45) is 3.32. The van der Waals surface area contributed by atoms with E-state index in [9.17, 15) is 9.90 Å². The molecule has 0 aliphatic heterocycles. The van der Waals surface area contributed by atoms with Crippen molar-refractivity contribution in [2.45, 2.75) is 6.54 Å². The van der Waals surface area contributed by atoms with Crippen LogP contribution < -0.4 is 5.32 Å². The number of halogens is 1. The van der Waals surface area contributed by atoms with Gasteiger partial charge in [0.1, 0.15) is 12.3 Å². The maximum atomic E-state index is 11.6. The molecular weight excluding hydrogens is 286 g/mol. The Kier molecular flexibility index (Phi) is 3.43. The Labute approximate surface area is 106 Å². The number of hydrogen-bond acceptors (Lipinski definition) is 3. The van der Waals surface area contributed by atoms with E-state index in [2.05, 4.69) is 26.3 Å². The van der Waals surface area contributed by atoms with Crippen LogP contribution in [0.4, 0.5) is 5.69 Å². The van der Waals surface area contributed by atoms with Gasteiger partial charge in [-0.2, -0.15) is 5.10 Å². The molecule has 0 saturated carbocycles. The van der Waals surface area contributed by atoms with E-state index in [0.29, 0.717) is 5.69 Å². The maximum absolute atomic E-state index is 11.6. The first-order valence-electron chi connectivity index (χ1n) is 4.90. The standard InChI is InChI=1S/C11H10BrN3O2/c12-8-5-13-15(6-8)7-11(17)14-9-2-1-3-10(16)4-9/h1-6,16H,7H2,(H,14,17). The van der Waals surface area contributed by atoms with Crippen molar-refractivity contribution in [3.63, 3.8) is 0 Å². The molecule has 6 heteroatoms. The Bertz CT molecular complexity index is 539. The lowest BCUT2D eigenvalue weighted by Crippen LogP contribution is -2.18. The molecule has 17 heavy (non-hydrogen) atoms. The van der Waals surface area contributed by atoms with Crippen LogP contribution >= 0.6 is 15.9 Å². The number of nitrogens with one attached hydrogen (secondary N) is 1. The topological polar surface area (TPSA) is 67.2 Å². The number of aromatic nitrogens is 2. The van der Waals surface area contributed by atoms with E-state index in [0.717, 1.165) is 4.47 Å². The van der Waals surface area contributed by atoms with Crippen molar-refractivity contribution in [1.29, 1.82) is 0 Å². The second-order valence-corrected chi connectivity index (χ2v) is 4.37. The second-order valence-electron chi connectivity index (χ2n) is 3.45. The first kappa shape index (κ1) is 11.7. The fraction of sp³-hybridized carbons (Fsp3) is 0.0909. The molecular formula is C11H10BrN3O2. The van der Waals surface area contributed by atoms with E-state index in [4.69, 9.17) is 0 Å². The predicted octanol–water partition coefficient (Wildman–Crippen LogP) is 1.99. The quantitative estimate of drug-likeness (QED) is 0.910. The summed E-state index contributed by atoms with van der Waals surface area (Å²) in [7, 11) is 0. The highest BCUT2D eigenvalue weighted by molar-refractivity contribution is 9.10. The third kappa shape index (κ3) is 3.32. The molecule has 0 saturated heterocycles. The van der Waals surface area contributed by atoms with Crippen LogP contribution in [0.2, 0.25) is 0 Å². The van der Waals surface area contributed by atoms with E-state index >= 15 is 0 Å². The minimum Gasteiger partial charge on any atom is -0.508 e. The van der Waals surface area contributed by atoms with Crippen LogP contribution in [-0.4, -0.2) is 20.8 Å². The van der Waals surface area contributed by atoms with Gasteiger partial charge in [0.15, 0.2) is 0 Å². The van der Waals surface area contributed by atoms with Gasteiger partial charge in [0, 0.05) is 18.0 Å². The Morgan fingerprint density at radius 2 is 2.35 bits per heavy atom. The molecule has 1 amide bonds. The van der Waals surface area contributed by atoms with E-state index < -0.39 is 0 Å². The molecule has 1 aromatic carbocycles. The number of carbonyl (C=O) groups is 1. The molecule has 0 bridgehead atoms. The van der Waals surface area contributed by atoms with Gasteiger partial charge in [-0.05, 0) is 28.1 Å². The van der Waals surface area contributed by atoms with Gasteiger partial charge in [0.2, 0.25) is 5.91 Å². The first-order valence-corrected chi connectivity index (χ1v) is 5.69. The van der Waals surface area contributed by atoms with Crippen molar-refractivity contribution in [3.8, 4) is 5.75 Å². The summed E-state index contributed by atoms with van der Waals surface area (Å²) in [4.78, 5) is 11.6. The smallest absolute Gasteiger partial charge is 0.246 e. The van der Waals surface area contributed by atoms with Crippen LogP contribution in [0.5, 0.6) is 5.75 Å². The van der Waals surface area contributed by atoms with Gasteiger partial charge in [0.05, 0.1) is 10.7 Å². The molecule has 0 atom stereocenters. The van der Waals surface area contributed by atoms with Crippen molar-refractivity contribution in [3.05, 3.63) is 41.1 Å². The highest BCUT2D eigenvalue weighted by Crippen LogP contribution is 2.15. The summed E-state index contributed by atoms with van der Waals surface area (Å²) in [5, 5.41) is 15.9. The van der Waals surface area contributed by atoms with Crippen LogP contribution in [0, 0.1) is 0 Å². The highest BCUT2D eigenvalue weighted by Gasteiger charge is 2.05. The zero-order chi connectivity index (χ0) is 12.3. The van der Waals surface area contributed by atoms with E-state index in [1.807, 2.05) is 0 Å². The van der Waals surface area contributed by atoms with E-state index in [1.165, 1.54) is 10.7 Å². The SMILES string of the molecule is O=C(Cn1cc(Br)cn1)Nc1cccc(O)c1. The van der Waals surface area contributed by atoms with Crippen LogP contribution in [0.15, 0.2) is 41.1 Å². The number of nitrogens with zero attached hydrogens (tertiary/aromatic N) is 2. The molecule has 0 radical (unpaired) electrons. The van der Waals surface area contributed by atoms with Crippen LogP contribution in [0.3, 0.4) is 0 Å². The van der Waals surface area contributed by atoms with Gasteiger partial charge in [-0.25, -0.2) is 0 Å². The monoisotopic (exact) mass is 295 g/mol. The normalized spacial score (nSPS) is 10.2. The number of aromatic hydroxyl groups is 1. The van der Waals surface area contributed by atoms with Gasteiger partial charge in [-0.1, -0.05) is 6.07 Å². The van der Waals surface area contributed by atoms with Crippen molar-refractivity contribution in [2.24, 2.45) is 0 Å². The molecule has 0 aliphatic rings. The number of carbonyl (C=O) groups excluding carboxylic acids is 1. The number of phenolic OH excluding ortho intramolecular Hbond substituents is 1. The third-order valence-corrected chi connectivity index (χ3v) is 2.45. The lowest BCUT2D eigenvalue weighted by Gasteiger charge is -2.05. The minimum atomic E-state index is -0.203. The number of benzene rings is 1. The van der Waals surface area contributed by atoms with Crippen LogP contribution in [0.25, 0.3) is 0 Å². The van der Waals surface area contributed by atoms with Gasteiger partial charge in [-0.15, -0.1) is 0 Å². The molecule has 2 rings (SSSR count). The summed E-state index contributed by atoms with van der Waals surface area (Å²) in [5.41, 5.74) is 0.557.